The SMILES string of the molecule is COc1cc(CNc2ccc(S(=O)(=O)N3CCOCC3)cc2[N+](=O)[O-])ccn1. The molecule has 10 nitrogen and oxygen atoms in total. The Hall–Kier alpha value is -2.76. The molecule has 1 saturated heterocycles. The van der Waals surface area contributed by atoms with Crippen LogP contribution in [0, 0.1) is 10.1 Å². The summed E-state index contributed by atoms with van der Waals surface area (Å²) in [6.07, 6.45) is 1.57. The van der Waals surface area contributed by atoms with Gasteiger partial charge in [-0.05, 0) is 23.8 Å². The first kappa shape index (κ1) is 20.0. The van der Waals surface area contributed by atoms with Crippen LogP contribution < -0.4 is 10.1 Å². The molecule has 1 aromatic carbocycles. The van der Waals surface area contributed by atoms with Crippen molar-refractivity contribution in [3.05, 3.63) is 52.2 Å². The third-order valence-corrected chi connectivity index (χ3v) is 6.16. The summed E-state index contributed by atoms with van der Waals surface area (Å²) in [5.74, 6) is 0.431. The maximum atomic E-state index is 12.7. The smallest absolute Gasteiger partial charge is 0.293 e. The fraction of sp³-hybridized carbons (Fsp3) is 0.353. The highest BCUT2D eigenvalue weighted by molar-refractivity contribution is 7.89. The summed E-state index contributed by atoms with van der Waals surface area (Å²) >= 11 is 0. The van der Waals surface area contributed by atoms with Gasteiger partial charge >= 0.3 is 0 Å². The second-order valence-corrected chi connectivity index (χ2v) is 7.95. The standard InChI is InChI=1S/C17H20N4O6S/c1-26-17-10-13(4-5-18-17)12-19-15-3-2-14(11-16(15)21(22)23)28(24,25)20-6-8-27-9-7-20/h2-5,10-11,19H,6-9,12H2,1H3. The summed E-state index contributed by atoms with van der Waals surface area (Å²) in [7, 11) is -2.32. The monoisotopic (exact) mass is 408 g/mol. The number of hydrogen-bond acceptors (Lipinski definition) is 8. The van der Waals surface area contributed by atoms with Crippen LogP contribution in [-0.4, -0.2) is 56.0 Å². The van der Waals surface area contributed by atoms with Gasteiger partial charge in [-0.1, -0.05) is 0 Å². The van der Waals surface area contributed by atoms with Gasteiger partial charge in [0.25, 0.3) is 5.69 Å². The molecule has 1 fully saturated rings. The van der Waals surface area contributed by atoms with Crippen LogP contribution >= 0.6 is 0 Å². The van der Waals surface area contributed by atoms with Gasteiger partial charge in [0.2, 0.25) is 15.9 Å². The van der Waals surface area contributed by atoms with Gasteiger partial charge in [0.05, 0.1) is 30.1 Å². The minimum atomic E-state index is -3.81. The van der Waals surface area contributed by atoms with Gasteiger partial charge in [0, 0.05) is 38.0 Å². The molecule has 0 bridgehead atoms. The second-order valence-electron chi connectivity index (χ2n) is 6.01. The largest absolute Gasteiger partial charge is 0.481 e. The number of rotatable bonds is 7. The summed E-state index contributed by atoms with van der Waals surface area (Å²) in [5.41, 5.74) is 0.725. The van der Waals surface area contributed by atoms with E-state index in [0.717, 1.165) is 11.6 Å². The molecule has 0 unspecified atom stereocenters. The Morgan fingerprint density at radius 1 is 1.29 bits per heavy atom. The van der Waals surface area contributed by atoms with E-state index in [2.05, 4.69) is 10.3 Å². The van der Waals surface area contributed by atoms with Crippen molar-refractivity contribution in [2.45, 2.75) is 11.4 Å². The van der Waals surface area contributed by atoms with Crippen molar-refractivity contribution in [1.82, 2.24) is 9.29 Å². The van der Waals surface area contributed by atoms with Crippen LogP contribution in [0.25, 0.3) is 0 Å². The van der Waals surface area contributed by atoms with E-state index in [4.69, 9.17) is 9.47 Å². The van der Waals surface area contributed by atoms with Gasteiger partial charge in [-0.25, -0.2) is 13.4 Å². The molecule has 0 atom stereocenters. The number of methoxy groups -OCH3 is 1. The number of pyridine rings is 1. The Balaban J connectivity index is 1.83. The lowest BCUT2D eigenvalue weighted by molar-refractivity contribution is -0.384. The van der Waals surface area contributed by atoms with E-state index in [1.54, 1.807) is 18.3 Å². The topological polar surface area (TPSA) is 124 Å². The van der Waals surface area contributed by atoms with Gasteiger partial charge in [-0.15, -0.1) is 0 Å². The molecule has 3 rings (SSSR count). The van der Waals surface area contributed by atoms with Crippen LogP contribution in [0.4, 0.5) is 11.4 Å². The molecule has 0 saturated carbocycles. The highest BCUT2D eigenvalue weighted by Gasteiger charge is 2.28. The Labute approximate surface area is 162 Å². The molecule has 2 heterocycles. The van der Waals surface area contributed by atoms with Gasteiger partial charge in [0.1, 0.15) is 5.69 Å². The molecule has 1 aliphatic rings. The minimum absolute atomic E-state index is 0.114. The second kappa shape index (κ2) is 8.50. The Morgan fingerprint density at radius 2 is 2.04 bits per heavy atom. The normalized spacial score (nSPS) is 15.2. The fourth-order valence-corrected chi connectivity index (χ4v) is 4.21. The average Bonchev–Trinajstić information content (AvgIpc) is 2.72. The Bertz CT molecular complexity index is 960. The first-order chi connectivity index (χ1) is 13.4. The molecule has 0 spiro atoms. The van der Waals surface area contributed by atoms with Gasteiger partial charge < -0.3 is 14.8 Å². The number of nitro groups is 1. The van der Waals surface area contributed by atoms with Crippen LogP contribution in [0.3, 0.4) is 0 Å². The molecule has 0 radical (unpaired) electrons. The third kappa shape index (κ3) is 4.38. The van der Waals surface area contributed by atoms with Crippen LogP contribution in [0.15, 0.2) is 41.4 Å². The Kier molecular flexibility index (Phi) is 6.07. The molecule has 1 N–H and O–H groups in total. The molecular weight excluding hydrogens is 388 g/mol. The number of morpholine rings is 1. The molecule has 1 aromatic heterocycles. The van der Waals surface area contributed by atoms with E-state index >= 15 is 0 Å². The lowest BCUT2D eigenvalue weighted by Crippen LogP contribution is -2.40. The number of nitrogens with zero attached hydrogens (tertiary/aromatic N) is 3. The molecule has 1 aliphatic heterocycles. The van der Waals surface area contributed by atoms with Crippen molar-refractivity contribution in [2.24, 2.45) is 0 Å². The summed E-state index contributed by atoms with van der Waals surface area (Å²) in [6, 6.07) is 7.31. The van der Waals surface area contributed by atoms with Crippen LogP contribution in [-0.2, 0) is 21.3 Å². The van der Waals surface area contributed by atoms with E-state index in [9.17, 15) is 18.5 Å². The zero-order chi connectivity index (χ0) is 20.1. The predicted octanol–water partition coefficient (Wildman–Crippen LogP) is 1.63. The highest BCUT2D eigenvalue weighted by atomic mass is 32.2. The molecule has 0 amide bonds. The van der Waals surface area contributed by atoms with Gasteiger partial charge in [0.15, 0.2) is 0 Å². The van der Waals surface area contributed by atoms with Crippen LogP contribution in [0.1, 0.15) is 5.56 Å². The molecule has 11 heteroatoms. The zero-order valence-corrected chi connectivity index (χ0v) is 16.0. The van der Waals surface area contributed by atoms with Crippen molar-refractivity contribution < 1.29 is 22.8 Å². The van der Waals surface area contributed by atoms with Crippen LogP contribution in [0.5, 0.6) is 5.88 Å². The number of nitrogens with one attached hydrogen (secondary N) is 1. The summed E-state index contributed by atoms with van der Waals surface area (Å²) in [6.45, 7) is 1.34. The van der Waals surface area contributed by atoms with E-state index in [-0.39, 0.29) is 35.9 Å². The lowest BCUT2D eigenvalue weighted by atomic mass is 10.2. The summed E-state index contributed by atoms with van der Waals surface area (Å²) < 4.78 is 36.9. The molecule has 150 valence electrons. The average molecular weight is 408 g/mol. The quantitative estimate of drug-likeness (QED) is 0.541. The lowest BCUT2D eigenvalue weighted by Gasteiger charge is -2.26. The van der Waals surface area contributed by atoms with Crippen molar-refractivity contribution in [3.63, 3.8) is 0 Å². The highest BCUT2D eigenvalue weighted by Crippen LogP contribution is 2.29. The number of nitro benzene ring substituents is 1. The number of hydrogen-bond donors (Lipinski definition) is 1. The van der Waals surface area contributed by atoms with E-state index in [1.165, 1.54) is 23.5 Å². The van der Waals surface area contributed by atoms with Crippen molar-refractivity contribution in [1.29, 1.82) is 0 Å². The minimum Gasteiger partial charge on any atom is -0.481 e. The first-order valence-electron chi connectivity index (χ1n) is 8.51. The van der Waals surface area contributed by atoms with E-state index in [1.807, 2.05) is 0 Å². The maximum Gasteiger partial charge on any atom is 0.293 e. The third-order valence-electron chi connectivity index (χ3n) is 4.27. The number of ether oxygens (including phenoxy) is 2. The number of aromatic nitrogens is 1. The number of anilines is 1. The maximum absolute atomic E-state index is 12.7. The number of sulfonamides is 1. The number of benzene rings is 1. The van der Waals surface area contributed by atoms with Gasteiger partial charge in [-0.3, -0.25) is 10.1 Å². The fourth-order valence-electron chi connectivity index (χ4n) is 2.78. The van der Waals surface area contributed by atoms with Gasteiger partial charge in [-0.2, -0.15) is 4.31 Å². The van der Waals surface area contributed by atoms with Crippen molar-refractivity contribution in [3.8, 4) is 5.88 Å². The summed E-state index contributed by atoms with van der Waals surface area (Å²) in [4.78, 5) is 14.8. The predicted molar refractivity (Wildman–Crippen MR) is 101 cm³/mol. The van der Waals surface area contributed by atoms with Crippen molar-refractivity contribution in [2.75, 3.05) is 38.7 Å². The molecule has 2 aromatic rings. The first-order valence-corrected chi connectivity index (χ1v) is 9.95. The van der Waals surface area contributed by atoms with Crippen molar-refractivity contribution >= 4 is 21.4 Å². The van der Waals surface area contributed by atoms with Crippen LogP contribution in [0.2, 0.25) is 0 Å². The zero-order valence-electron chi connectivity index (χ0n) is 15.2. The van der Waals surface area contributed by atoms with E-state index < -0.39 is 14.9 Å². The summed E-state index contributed by atoms with van der Waals surface area (Å²) in [5, 5.41) is 14.5. The molecule has 28 heavy (non-hydrogen) atoms. The van der Waals surface area contributed by atoms with E-state index in [0.29, 0.717) is 19.1 Å². The molecule has 0 aliphatic carbocycles. The Morgan fingerprint density at radius 3 is 2.71 bits per heavy atom. The molecular formula is C17H20N4O6S.